The third kappa shape index (κ3) is 2.63. The molecular weight excluding hydrogens is 216 g/mol. The number of carbonyl (C=O) groups is 1. The summed E-state index contributed by atoms with van der Waals surface area (Å²) in [6.45, 7) is 3.83. The molecule has 1 aromatic rings. The summed E-state index contributed by atoms with van der Waals surface area (Å²) in [7, 11) is 0. The molecule has 0 bridgehead atoms. The number of phenols is 2. The summed E-state index contributed by atoms with van der Waals surface area (Å²) >= 11 is 5.61. The molecule has 0 aliphatic rings. The van der Waals surface area contributed by atoms with E-state index in [0.29, 0.717) is 6.42 Å². The molecule has 0 atom stereocenters. The van der Waals surface area contributed by atoms with Crippen molar-refractivity contribution in [3.63, 3.8) is 0 Å². The molecule has 0 spiro atoms. The lowest BCUT2D eigenvalue weighted by molar-refractivity contribution is 0.0965. The number of aromatic hydroxyl groups is 2. The van der Waals surface area contributed by atoms with Crippen LogP contribution in [-0.4, -0.2) is 16.0 Å². The van der Waals surface area contributed by atoms with Crippen molar-refractivity contribution in [1.82, 2.24) is 0 Å². The average molecular weight is 229 g/mol. The molecule has 0 aromatic heterocycles. The number of ketones is 1. The van der Waals surface area contributed by atoms with Crippen molar-refractivity contribution in [3.8, 4) is 11.5 Å². The molecule has 0 fully saturated rings. The van der Waals surface area contributed by atoms with E-state index >= 15 is 0 Å². The van der Waals surface area contributed by atoms with Crippen LogP contribution in [0.3, 0.4) is 0 Å². The molecule has 2 N–H and O–H groups in total. The van der Waals surface area contributed by atoms with Crippen LogP contribution < -0.4 is 0 Å². The van der Waals surface area contributed by atoms with Gasteiger partial charge >= 0.3 is 0 Å². The van der Waals surface area contributed by atoms with E-state index in [1.807, 2.05) is 13.8 Å². The molecule has 1 aromatic carbocycles. The van der Waals surface area contributed by atoms with Gasteiger partial charge in [0, 0.05) is 6.42 Å². The van der Waals surface area contributed by atoms with Gasteiger partial charge in [-0.2, -0.15) is 0 Å². The Bertz CT molecular complexity index is 386. The first-order valence-electron chi connectivity index (χ1n) is 4.67. The Labute approximate surface area is 93.3 Å². The highest BCUT2D eigenvalue weighted by Crippen LogP contribution is 2.35. The number of benzene rings is 1. The lowest BCUT2D eigenvalue weighted by Crippen LogP contribution is -2.03. The highest BCUT2D eigenvalue weighted by molar-refractivity contribution is 6.34. The van der Waals surface area contributed by atoms with Crippen molar-refractivity contribution < 1.29 is 15.0 Å². The Morgan fingerprint density at radius 2 is 2.00 bits per heavy atom. The van der Waals surface area contributed by atoms with Gasteiger partial charge in [0.1, 0.15) is 16.5 Å². The number of halogens is 1. The maximum Gasteiger partial charge on any atom is 0.166 e. The summed E-state index contributed by atoms with van der Waals surface area (Å²) in [6.07, 6.45) is 0.342. The number of hydrogen-bond donors (Lipinski definition) is 2. The van der Waals surface area contributed by atoms with Gasteiger partial charge in [0.25, 0.3) is 0 Å². The van der Waals surface area contributed by atoms with Gasteiger partial charge in [-0.15, -0.1) is 0 Å². The molecule has 3 nitrogen and oxygen atoms in total. The molecule has 0 aliphatic heterocycles. The quantitative estimate of drug-likeness (QED) is 0.782. The van der Waals surface area contributed by atoms with E-state index in [-0.39, 0.29) is 33.8 Å². The largest absolute Gasteiger partial charge is 0.506 e. The van der Waals surface area contributed by atoms with Gasteiger partial charge in [0.05, 0.1) is 5.56 Å². The minimum absolute atomic E-state index is 0.159. The van der Waals surface area contributed by atoms with Gasteiger partial charge in [0.2, 0.25) is 0 Å². The first-order valence-corrected chi connectivity index (χ1v) is 5.05. The Balaban J connectivity index is 3.06. The van der Waals surface area contributed by atoms with Gasteiger partial charge in [0.15, 0.2) is 5.78 Å². The van der Waals surface area contributed by atoms with Crippen LogP contribution in [-0.2, 0) is 0 Å². The third-order valence-electron chi connectivity index (χ3n) is 1.99. The van der Waals surface area contributed by atoms with Crippen molar-refractivity contribution in [3.05, 3.63) is 22.7 Å². The highest BCUT2D eigenvalue weighted by atomic mass is 35.5. The van der Waals surface area contributed by atoms with Crippen LogP contribution in [0.5, 0.6) is 11.5 Å². The van der Waals surface area contributed by atoms with E-state index in [4.69, 9.17) is 11.6 Å². The SMILES string of the molecule is CC(C)CC(=O)c1ccc(O)c(Cl)c1O. The maximum absolute atomic E-state index is 11.6. The second-order valence-corrected chi connectivity index (χ2v) is 4.19. The first kappa shape index (κ1) is 11.9. The molecule has 0 heterocycles. The highest BCUT2D eigenvalue weighted by Gasteiger charge is 2.16. The fourth-order valence-electron chi connectivity index (χ4n) is 1.26. The van der Waals surface area contributed by atoms with Gasteiger partial charge in [-0.1, -0.05) is 25.4 Å². The van der Waals surface area contributed by atoms with Crippen LogP contribution in [0.15, 0.2) is 12.1 Å². The van der Waals surface area contributed by atoms with Gasteiger partial charge in [-0.25, -0.2) is 0 Å². The zero-order chi connectivity index (χ0) is 11.6. The molecule has 0 amide bonds. The van der Waals surface area contributed by atoms with E-state index in [1.165, 1.54) is 12.1 Å². The van der Waals surface area contributed by atoms with Crippen molar-refractivity contribution in [2.45, 2.75) is 20.3 Å². The maximum atomic E-state index is 11.6. The van der Waals surface area contributed by atoms with Gasteiger partial charge in [-0.3, -0.25) is 4.79 Å². The lowest BCUT2D eigenvalue weighted by Gasteiger charge is -2.08. The summed E-state index contributed by atoms with van der Waals surface area (Å²) in [6, 6.07) is 2.68. The fourth-order valence-corrected chi connectivity index (χ4v) is 1.42. The number of Topliss-reactive ketones (excluding diaryl/α,β-unsaturated/α-hetero) is 1. The smallest absolute Gasteiger partial charge is 0.166 e. The third-order valence-corrected chi connectivity index (χ3v) is 2.36. The monoisotopic (exact) mass is 228 g/mol. The molecule has 0 unspecified atom stereocenters. The summed E-state index contributed by atoms with van der Waals surface area (Å²) in [5.41, 5.74) is 0.159. The number of rotatable bonds is 3. The van der Waals surface area contributed by atoms with E-state index < -0.39 is 0 Å². The van der Waals surface area contributed by atoms with Crippen LogP contribution in [0.25, 0.3) is 0 Å². The van der Waals surface area contributed by atoms with Crippen LogP contribution in [0.1, 0.15) is 30.6 Å². The minimum Gasteiger partial charge on any atom is -0.506 e. The Morgan fingerprint density at radius 3 is 2.53 bits per heavy atom. The molecule has 15 heavy (non-hydrogen) atoms. The van der Waals surface area contributed by atoms with Crippen LogP contribution >= 0.6 is 11.6 Å². The van der Waals surface area contributed by atoms with E-state index in [0.717, 1.165) is 0 Å². The molecule has 0 saturated heterocycles. The van der Waals surface area contributed by atoms with Crippen molar-refractivity contribution in [1.29, 1.82) is 0 Å². The first-order chi connectivity index (χ1) is 6.93. The zero-order valence-corrected chi connectivity index (χ0v) is 9.38. The summed E-state index contributed by atoms with van der Waals surface area (Å²) in [4.78, 5) is 11.6. The van der Waals surface area contributed by atoms with Crippen LogP contribution in [0, 0.1) is 5.92 Å². The van der Waals surface area contributed by atoms with Crippen LogP contribution in [0.4, 0.5) is 0 Å². The Kier molecular flexibility index (Phi) is 3.58. The summed E-state index contributed by atoms with van der Waals surface area (Å²) < 4.78 is 0. The standard InChI is InChI=1S/C11H13ClO3/c1-6(2)5-9(14)7-3-4-8(13)10(12)11(7)15/h3-4,6,13,15H,5H2,1-2H3. The normalized spacial score (nSPS) is 10.7. The Morgan fingerprint density at radius 1 is 1.40 bits per heavy atom. The minimum atomic E-state index is -0.345. The lowest BCUT2D eigenvalue weighted by atomic mass is 10.0. The van der Waals surface area contributed by atoms with Gasteiger partial charge in [-0.05, 0) is 18.1 Å². The molecule has 4 heteroatoms. The summed E-state index contributed by atoms with van der Waals surface area (Å²) in [5.74, 6) is -0.536. The Hall–Kier alpha value is -1.22. The van der Waals surface area contributed by atoms with E-state index in [2.05, 4.69) is 0 Å². The predicted octanol–water partition coefficient (Wildman–Crippen LogP) is 2.98. The summed E-state index contributed by atoms with van der Waals surface area (Å²) in [5, 5.41) is 18.6. The number of carbonyl (C=O) groups excluding carboxylic acids is 1. The zero-order valence-electron chi connectivity index (χ0n) is 8.62. The van der Waals surface area contributed by atoms with Crippen molar-refractivity contribution in [2.75, 3.05) is 0 Å². The topological polar surface area (TPSA) is 57.5 Å². The fraction of sp³-hybridized carbons (Fsp3) is 0.364. The molecular formula is C11H13ClO3. The predicted molar refractivity (Wildman–Crippen MR) is 58.6 cm³/mol. The molecule has 0 saturated carbocycles. The molecule has 82 valence electrons. The van der Waals surface area contributed by atoms with Crippen LogP contribution in [0.2, 0.25) is 5.02 Å². The average Bonchev–Trinajstić information content (AvgIpc) is 2.13. The molecule has 0 radical (unpaired) electrons. The van der Waals surface area contributed by atoms with Crippen molar-refractivity contribution in [2.24, 2.45) is 5.92 Å². The van der Waals surface area contributed by atoms with Crippen molar-refractivity contribution >= 4 is 17.4 Å². The van der Waals surface area contributed by atoms with E-state index in [9.17, 15) is 15.0 Å². The molecule has 0 aliphatic carbocycles. The second kappa shape index (κ2) is 4.53. The second-order valence-electron chi connectivity index (χ2n) is 3.82. The van der Waals surface area contributed by atoms with Gasteiger partial charge < -0.3 is 10.2 Å². The molecule has 1 rings (SSSR count). The van der Waals surface area contributed by atoms with E-state index in [1.54, 1.807) is 0 Å². The number of phenolic OH excluding ortho intramolecular Hbond substituents is 2. The number of hydrogen-bond acceptors (Lipinski definition) is 3.